The van der Waals surface area contributed by atoms with Gasteiger partial charge in [0.2, 0.25) is 11.8 Å². The van der Waals surface area contributed by atoms with E-state index in [4.69, 9.17) is 0 Å². The molecule has 1 rings (SSSR count). The zero-order chi connectivity index (χ0) is 14.0. The molecular formula is C9H12F6N2O. The van der Waals surface area contributed by atoms with E-state index in [1.807, 2.05) is 0 Å². The first kappa shape index (κ1) is 15.1. The Balaban J connectivity index is 2.71. The van der Waals surface area contributed by atoms with Crippen LogP contribution in [0.3, 0.4) is 0 Å². The smallest absolute Gasteiger partial charge is 0.351 e. The van der Waals surface area contributed by atoms with Crippen molar-refractivity contribution in [1.82, 2.24) is 10.6 Å². The van der Waals surface area contributed by atoms with Gasteiger partial charge in [-0.15, -0.1) is 0 Å². The molecule has 9 heteroatoms. The topological polar surface area (TPSA) is 41.1 Å². The van der Waals surface area contributed by atoms with Crippen molar-refractivity contribution in [2.75, 3.05) is 13.1 Å². The molecule has 0 bridgehead atoms. The number of hydrogen-bond acceptors (Lipinski definition) is 2. The Morgan fingerprint density at radius 1 is 1.17 bits per heavy atom. The fourth-order valence-electron chi connectivity index (χ4n) is 1.74. The number of rotatable bonds is 2. The van der Waals surface area contributed by atoms with Gasteiger partial charge in [0.05, 0.1) is 0 Å². The van der Waals surface area contributed by atoms with E-state index in [1.54, 1.807) is 5.32 Å². The van der Waals surface area contributed by atoms with E-state index >= 15 is 0 Å². The molecular weight excluding hydrogens is 266 g/mol. The molecule has 18 heavy (non-hydrogen) atoms. The second-order valence-electron chi connectivity index (χ2n) is 4.07. The molecule has 0 aliphatic carbocycles. The number of amides is 1. The van der Waals surface area contributed by atoms with Crippen LogP contribution in [0.4, 0.5) is 26.3 Å². The summed E-state index contributed by atoms with van der Waals surface area (Å²) in [6, 6.07) is -0.696. The molecule has 1 atom stereocenters. The highest BCUT2D eigenvalue weighted by molar-refractivity contribution is 5.80. The second-order valence-corrected chi connectivity index (χ2v) is 4.07. The normalized spacial score (nSPS) is 22.1. The fourth-order valence-corrected chi connectivity index (χ4v) is 1.74. The summed E-state index contributed by atoms with van der Waals surface area (Å²) in [5, 5.41) is 4.57. The van der Waals surface area contributed by atoms with E-state index < -0.39 is 30.2 Å². The Kier molecular flexibility index (Phi) is 4.46. The third-order valence-electron chi connectivity index (χ3n) is 2.56. The monoisotopic (exact) mass is 278 g/mol. The highest BCUT2D eigenvalue weighted by Gasteiger charge is 2.61. The number of carbonyl (C=O) groups is 1. The van der Waals surface area contributed by atoms with Crippen LogP contribution < -0.4 is 10.6 Å². The number of nitrogens with one attached hydrogen (secondary N) is 2. The zero-order valence-electron chi connectivity index (χ0n) is 9.16. The molecule has 0 radical (unpaired) electrons. The highest BCUT2D eigenvalue weighted by atomic mass is 19.4. The third-order valence-corrected chi connectivity index (χ3v) is 2.56. The van der Waals surface area contributed by atoms with Crippen LogP contribution in [-0.2, 0) is 4.79 Å². The van der Waals surface area contributed by atoms with E-state index in [2.05, 4.69) is 5.32 Å². The summed E-state index contributed by atoms with van der Waals surface area (Å²) in [5.41, 5.74) is 0. The molecule has 0 spiro atoms. The van der Waals surface area contributed by atoms with Crippen molar-refractivity contribution in [2.24, 2.45) is 5.92 Å². The van der Waals surface area contributed by atoms with Crippen LogP contribution in [0.25, 0.3) is 0 Å². The van der Waals surface area contributed by atoms with Gasteiger partial charge in [-0.1, -0.05) is 0 Å². The molecule has 0 aromatic rings. The highest BCUT2D eigenvalue weighted by Crippen LogP contribution is 2.39. The van der Waals surface area contributed by atoms with Gasteiger partial charge in [0.15, 0.2) is 0 Å². The van der Waals surface area contributed by atoms with Gasteiger partial charge >= 0.3 is 12.4 Å². The quantitative estimate of drug-likeness (QED) is 0.753. The summed E-state index contributed by atoms with van der Waals surface area (Å²) in [6.45, 7) is 0.808. The molecule has 0 aromatic heterocycles. The van der Waals surface area contributed by atoms with Crippen LogP contribution >= 0.6 is 0 Å². The van der Waals surface area contributed by atoms with E-state index in [9.17, 15) is 31.1 Å². The Bertz CT molecular complexity index is 280. The average molecular weight is 278 g/mol. The molecule has 0 unspecified atom stereocenters. The van der Waals surface area contributed by atoms with E-state index in [0.717, 1.165) is 0 Å². The largest absolute Gasteiger partial charge is 0.409 e. The van der Waals surface area contributed by atoms with Crippen LogP contribution in [0.2, 0.25) is 0 Å². The second kappa shape index (κ2) is 5.33. The van der Waals surface area contributed by atoms with Crippen molar-refractivity contribution in [3.8, 4) is 0 Å². The molecule has 1 aliphatic heterocycles. The molecule has 3 nitrogen and oxygen atoms in total. The van der Waals surface area contributed by atoms with E-state index in [1.165, 1.54) is 0 Å². The Hall–Kier alpha value is -0.990. The van der Waals surface area contributed by atoms with E-state index in [0.29, 0.717) is 19.4 Å². The number of hydrogen-bond donors (Lipinski definition) is 2. The van der Waals surface area contributed by atoms with Gasteiger partial charge in [-0.2, -0.15) is 26.3 Å². The van der Waals surface area contributed by atoms with Gasteiger partial charge in [-0.3, -0.25) is 4.79 Å². The van der Waals surface area contributed by atoms with Crippen molar-refractivity contribution < 1.29 is 31.1 Å². The number of halogens is 6. The summed E-state index contributed by atoms with van der Waals surface area (Å²) in [4.78, 5) is 11.1. The lowest BCUT2D eigenvalue weighted by Crippen LogP contribution is -2.53. The molecule has 1 saturated heterocycles. The van der Waals surface area contributed by atoms with Crippen molar-refractivity contribution in [1.29, 1.82) is 0 Å². The molecule has 2 N–H and O–H groups in total. The average Bonchev–Trinajstić information content (AvgIpc) is 2.13. The van der Waals surface area contributed by atoms with Crippen LogP contribution in [0.1, 0.15) is 12.8 Å². The molecule has 106 valence electrons. The Labute approximate surface area is 98.9 Å². The van der Waals surface area contributed by atoms with Crippen molar-refractivity contribution >= 4 is 5.91 Å². The maximum atomic E-state index is 12.2. The number of carbonyl (C=O) groups excluding carboxylic acids is 1. The van der Waals surface area contributed by atoms with E-state index in [-0.39, 0.29) is 6.54 Å². The van der Waals surface area contributed by atoms with Gasteiger partial charge in [-0.05, 0) is 19.4 Å². The maximum absolute atomic E-state index is 12.2. The first-order valence-electron chi connectivity index (χ1n) is 5.27. The van der Waals surface area contributed by atoms with Crippen LogP contribution in [0.15, 0.2) is 0 Å². The molecule has 0 aromatic carbocycles. The lowest BCUT2D eigenvalue weighted by molar-refractivity contribution is -0.274. The van der Waals surface area contributed by atoms with Crippen LogP contribution in [0.5, 0.6) is 0 Å². The fraction of sp³-hybridized carbons (Fsp3) is 0.889. The van der Waals surface area contributed by atoms with Gasteiger partial charge in [-0.25, -0.2) is 0 Å². The minimum Gasteiger partial charge on any atom is -0.351 e. The SMILES string of the molecule is O=C(N[C@H]1CCCNC1)C(C(F)(F)F)C(F)(F)F. The Morgan fingerprint density at radius 3 is 2.11 bits per heavy atom. The number of alkyl halides is 6. The van der Waals surface area contributed by atoms with Crippen LogP contribution in [-0.4, -0.2) is 37.4 Å². The van der Waals surface area contributed by atoms with Gasteiger partial charge in [0.25, 0.3) is 0 Å². The molecule has 1 amide bonds. The summed E-state index contributed by atoms with van der Waals surface area (Å²) in [5.74, 6) is -6.00. The third kappa shape index (κ3) is 4.04. The van der Waals surface area contributed by atoms with Crippen molar-refractivity contribution in [2.45, 2.75) is 31.2 Å². The summed E-state index contributed by atoms with van der Waals surface area (Å²) in [6.07, 6.45) is -10.3. The first-order valence-corrected chi connectivity index (χ1v) is 5.27. The minimum atomic E-state index is -5.63. The summed E-state index contributed by atoms with van der Waals surface area (Å²) < 4.78 is 73.3. The lowest BCUT2D eigenvalue weighted by Gasteiger charge is -2.27. The van der Waals surface area contributed by atoms with Crippen molar-refractivity contribution in [3.63, 3.8) is 0 Å². The first-order chi connectivity index (χ1) is 8.12. The maximum Gasteiger partial charge on any atom is 0.409 e. The minimum absolute atomic E-state index is 0.175. The molecule has 0 saturated carbocycles. The zero-order valence-corrected chi connectivity index (χ0v) is 9.16. The summed E-state index contributed by atoms with van der Waals surface area (Å²) >= 11 is 0. The predicted octanol–water partition coefficient (Wildman–Crippen LogP) is 1.60. The summed E-state index contributed by atoms with van der Waals surface area (Å²) in [7, 11) is 0. The van der Waals surface area contributed by atoms with Crippen molar-refractivity contribution in [3.05, 3.63) is 0 Å². The molecule has 1 heterocycles. The van der Waals surface area contributed by atoms with Gasteiger partial charge in [0.1, 0.15) is 0 Å². The van der Waals surface area contributed by atoms with Gasteiger partial charge in [0, 0.05) is 12.6 Å². The van der Waals surface area contributed by atoms with Gasteiger partial charge < -0.3 is 10.6 Å². The molecule has 1 fully saturated rings. The lowest BCUT2D eigenvalue weighted by atomic mass is 10.0. The molecule has 1 aliphatic rings. The van der Waals surface area contributed by atoms with Crippen LogP contribution in [0, 0.1) is 5.92 Å². The standard InChI is InChI=1S/C9H12F6N2O/c10-8(11,12)6(9(13,14)15)7(18)17-5-2-1-3-16-4-5/h5-6,16H,1-4H2,(H,17,18)/t5-/m0/s1. The number of piperidine rings is 1. The predicted molar refractivity (Wildman–Crippen MR) is 49.6 cm³/mol. The Morgan fingerprint density at radius 2 is 1.72 bits per heavy atom.